The van der Waals surface area contributed by atoms with Crippen molar-refractivity contribution in [3.8, 4) is 0 Å². The number of non-ortho nitro benzene ring substituents is 1. The lowest BCUT2D eigenvalue weighted by atomic mass is 10.0. The van der Waals surface area contributed by atoms with Crippen molar-refractivity contribution in [2.75, 3.05) is 18.0 Å². The number of hydrogen-bond acceptors (Lipinski definition) is 4. The molecule has 1 unspecified atom stereocenters. The minimum atomic E-state index is -1.18. The minimum Gasteiger partial charge on any atom is -0.346 e. The molecule has 0 fully saturated rings. The van der Waals surface area contributed by atoms with Gasteiger partial charge in [-0.25, -0.2) is 9.48 Å². The van der Waals surface area contributed by atoms with Crippen molar-refractivity contribution in [1.82, 2.24) is 0 Å². The number of para-hydroxylation sites is 1. The van der Waals surface area contributed by atoms with Crippen LogP contribution in [0.4, 0.5) is 11.4 Å². The van der Waals surface area contributed by atoms with Crippen LogP contribution in [0, 0.1) is 10.1 Å². The molecule has 6 heteroatoms. The number of β-amino-alcohol motifs (C(OH)–C–C–N with tert-alkyl or cyclic N) is 1. The average Bonchev–Trinajstić information content (AvgIpc) is 2.82. The largest absolute Gasteiger partial charge is 0.346 e. The Labute approximate surface area is 152 Å². The fourth-order valence-electron chi connectivity index (χ4n) is 4.02. The number of rotatable bonds is 3. The number of nitro groups is 1. The van der Waals surface area contributed by atoms with E-state index in [1.807, 2.05) is 18.2 Å². The van der Waals surface area contributed by atoms with E-state index in [4.69, 9.17) is 0 Å². The zero-order chi connectivity index (χ0) is 18.1. The maximum Gasteiger partial charge on any atom is 0.271 e. The van der Waals surface area contributed by atoms with Crippen molar-refractivity contribution < 1.29 is 14.6 Å². The molecule has 0 saturated carbocycles. The molecule has 1 N–H and O–H groups in total. The van der Waals surface area contributed by atoms with Crippen LogP contribution in [0.5, 0.6) is 0 Å². The topological polar surface area (TPSA) is 69.6 Å². The highest BCUT2D eigenvalue weighted by atomic mass is 16.6. The first-order valence-electron chi connectivity index (χ1n) is 9.03. The number of anilines is 1. The summed E-state index contributed by atoms with van der Waals surface area (Å²) in [5.74, 6) is 1.13. The number of amidine groups is 1. The second kappa shape index (κ2) is 6.53. The monoisotopic (exact) mass is 352 g/mol. The molecule has 4 rings (SSSR count). The average molecular weight is 352 g/mol. The summed E-state index contributed by atoms with van der Waals surface area (Å²) in [6.45, 7) is 1.20. The lowest BCUT2D eigenvalue weighted by molar-refractivity contribution is -0.658. The molecule has 2 aliphatic heterocycles. The van der Waals surface area contributed by atoms with Crippen LogP contribution in [0.15, 0.2) is 54.6 Å². The van der Waals surface area contributed by atoms with Gasteiger partial charge in [-0.15, -0.1) is 0 Å². The lowest BCUT2D eigenvalue weighted by Gasteiger charge is -2.23. The van der Waals surface area contributed by atoms with Crippen LogP contribution >= 0.6 is 0 Å². The van der Waals surface area contributed by atoms with E-state index in [2.05, 4.69) is 21.6 Å². The molecule has 0 spiro atoms. The van der Waals surface area contributed by atoms with E-state index < -0.39 is 10.6 Å². The summed E-state index contributed by atoms with van der Waals surface area (Å²) in [6.07, 6.45) is 4.19. The Morgan fingerprint density at radius 1 is 1.04 bits per heavy atom. The fourth-order valence-corrected chi connectivity index (χ4v) is 4.02. The molecule has 134 valence electrons. The fraction of sp³-hybridized carbons (Fsp3) is 0.350. The minimum absolute atomic E-state index is 0.0373. The van der Waals surface area contributed by atoms with Gasteiger partial charge in [-0.3, -0.25) is 10.1 Å². The zero-order valence-corrected chi connectivity index (χ0v) is 14.5. The van der Waals surface area contributed by atoms with E-state index in [0.29, 0.717) is 12.1 Å². The summed E-state index contributed by atoms with van der Waals surface area (Å²) >= 11 is 0. The highest BCUT2D eigenvalue weighted by Crippen LogP contribution is 2.35. The van der Waals surface area contributed by atoms with Crippen molar-refractivity contribution in [1.29, 1.82) is 0 Å². The van der Waals surface area contributed by atoms with Gasteiger partial charge in [0, 0.05) is 24.1 Å². The predicted molar refractivity (Wildman–Crippen MR) is 99.4 cm³/mol. The Bertz CT molecular complexity index is 848. The third kappa shape index (κ3) is 2.76. The summed E-state index contributed by atoms with van der Waals surface area (Å²) in [5, 5.41) is 22.6. The first-order chi connectivity index (χ1) is 12.6. The second-order valence-electron chi connectivity index (χ2n) is 6.92. The van der Waals surface area contributed by atoms with Crippen molar-refractivity contribution in [2.24, 2.45) is 0 Å². The highest BCUT2D eigenvalue weighted by molar-refractivity contribution is 5.95. The normalized spacial score (nSPS) is 22.9. The molecule has 2 aromatic carbocycles. The van der Waals surface area contributed by atoms with Crippen molar-refractivity contribution >= 4 is 17.2 Å². The van der Waals surface area contributed by atoms with Crippen LogP contribution in [0.3, 0.4) is 0 Å². The molecule has 2 aliphatic rings. The number of aliphatic hydroxyl groups is 1. The molecular weight excluding hydrogens is 330 g/mol. The van der Waals surface area contributed by atoms with Crippen LogP contribution in [0.2, 0.25) is 0 Å². The molecular formula is C20H22N3O3+. The Balaban J connectivity index is 1.78. The van der Waals surface area contributed by atoms with E-state index in [-0.39, 0.29) is 5.69 Å². The van der Waals surface area contributed by atoms with E-state index in [1.165, 1.54) is 12.1 Å². The number of nitrogens with zero attached hydrogens (tertiary/aromatic N) is 3. The van der Waals surface area contributed by atoms with Gasteiger partial charge in [-0.1, -0.05) is 18.2 Å². The first kappa shape index (κ1) is 16.7. The zero-order valence-electron chi connectivity index (χ0n) is 14.5. The number of benzene rings is 2. The Morgan fingerprint density at radius 3 is 2.46 bits per heavy atom. The molecule has 0 amide bonds. The van der Waals surface area contributed by atoms with Gasteiger partial charge in [-0.05, 0) is 43.5 Å². The molecule has 2 aromatic rings. The molecule has 0 saturated heterocycles. The van der Waals surface area contributed by atoms with Gasteiger partial charge in [0.1, 0.15) is 5.69 Å². The van der Waals surface area contributed by atoms with Gasteiger partial charge in [-0.2, -0.15) is 0 Å². The molecule has 6 nitrogen and oxygen atoms in total. The Hall–Kier alpha value is -2.73. The predicted octanol–water partition coefficient (Wildman–Crippen LogP) is 3.25. The molecule has 26 heavy (non-hydrogen) atoms. The quantitative estimate of drug-likeness (QED) is 0.523. The lowest BCUT2D eigenvalue weighted by Crippen LogP contribution is -2.41. The maximum absolute atomic E-state index is 11.6. The third-order valence-corrected chi connectivity index (χ3v) is 5.34. The summed E-state index contributed by atoms with van der Waals surface area (Å²) in [4.78, 5) is 12.7. The van der Waals surface area contributed by atoms with Crippen LogP contribution in [0.25, 0.3) is 0 Å². The van der Waals surface area contributed by atoms with Crippen LogP contribution < -0.4 is 4.90 Å². The van der Waals surface area contributed by atoms with Gasteiger partial charge in [0.05, 0.1) is 11.5 Å². The molecule has 0 radical (unpaired) electrons. The van der Waals surface area contributed by atoms with Gasteiger partial charge in [0.15, 0.2) is 6.54 Å². The third-order valence-electron chi connectivity index (χ3n) is 5.34. The van der Waals surface area contributed by atoms with Crippen molar-refractivity contribution in [2.45, 2.75) is 31.4 Å². The summed E-state index contributed by atoms with van der Waals surface area (Å²) in [7, 11) is 0. The van der Waals surface area contributed by atoms with Gasteiger partial charge < -0.3 is 5.11 Å². The standard InChI is InChI=1S/C20H22N3O3/c24-20(16-10-12-18(13-11-16)23(25)26)15-21(17-7-3-1-4-8-17)19-9-5-2-6-14-22(19)20/h1,3-4,7-8,10-13,24H,2,5-6,9,14-15H2/q+1. The molecule has 0 bridgehead atoms. The van der Waals surface area contributed by atoms with Crippen LogP contribution in [-0.4, -0.2) is 33.5 Å². The van der Waals surface area contributed by atoms with E-state index >= 15 is 0 Å². The summed E-state index contributed by atoms with van der Waals surface area (Å²) in [6, 6.07) is 16.4. The van der Waals surface area contributed by atoms with Crippen LogP contribution in [-0.2, 0) is 5.72 Å². The first-order valence-corrected chi connectivity index (χ1v) is 9.03. The second-order valence-corrected chi connectivity index (χ2v) is 6.92. The van der Waals surface area contributed by atoms with Crippen molar-refractivity contribution in [3.05, 3.63) is 70.3 Å². The van der Waals surface area contributed by atoms with Crippen LogP contribution in [0.1, 0.15) is 31.2 Å². The van der Waals surface area contributed by atoms with E-state index in [9.17, 15) is 15.2 Å². The molecule has 0 aliphatic carbocycles. The SMILES string of the molecule is O=[N+]([O-])c1ccc(C2(O)CN(c3ccccc3)C3=[N+]2CCCCC3)cc1. The van der Waals surface area contributed by atoms with E-state index in [1.54, 1.807) is 12.1 Å². The smallest absolute Gasteiger partial charge is 0.271 e. The maximum atomic E-state index is 11.6. The van der Waals surface area contributed by atoms with Gasteiger partial charge >= 0.3 is 0 Å². The summed E-state index contributed by atoms with van der Waals surface area (Å²) < 4.78 is 2.09. The highest BCUT2D eigenvalue weighted by Gasteiger charge is 2.51. The van der Waals surface area contributed by atoms with Gasteiger partial charge in [0.25, 0.3) is 17.2 Å². The summed E-state index contributed by atoms with van der Waals surface area (Å²) in [5.41, 5.74) is 0.619. The molecule has 2 heterocycles. The number of nitro benzene ring substituents is 1. The molecule has 0 aromatic heterocycles. The Morgan fingerprint density at radius 2 is 1.77 bits per heavy atom. The number of hydrogen-bond donors (Lipinski definition) is 1. The van der Waals surface area contributed by atoms with Gasteiger partial charge in [0.2, 0.25) is 0 Å². The van der Waals surface area contributed by atoms with Crippen molar-refractivity contribution in [3.63, 3.8) is 0 Å². The van der Waals surface area contributed by atoms with E-state index in [0.717, 1.165) is 43.8 Å². The Kier molecular flexibility index (Phi) is 4.20. The molecule has 1 atom stereocenters.